The van der Waals surface area contributed by atoms with Gasteiger partial charge in [0.25, 0.3) is 0 Å². The summed E-state index contributed by atoms with van der Waals surface area (Å²) in [5, 5.41) is 13.3. The number of nitriles is 1. The van der Waals surface area contributed by atoms with Gasteiger partial charge < -0.3 is 10.2 Å². The van der Waals surface area contributed by atoms with E-state index in [9.17, 15) is 0 Å². The maximum atomic E-state index is 8.86. The third-order valence-electron chi connectivity index (χ3n) is 3.13. The number of aromatic nitrogens is 1. The average Bonchev–Trinajstić information content (AvgIpc) is 2.96. The third kappa shape index (κ3) is 3.96. The summed E-state index contributed by atoms with van der Waals surface area (Å²) < 4.78 is 0.898. The second kappa shape index (κ2) is 7.43. The van der Waals surface area contributed by atoms with Crippen LogP contribution in [0.5, 0.6) is 0 Å². The van der Waals surface area contributed by atoms with Crippen molar-refractivity contribution < 1.29 is 0 Å². The van der Waals surface area contributed by atoms with Crippen molar-refractivity contribution in [3.63, 3.8) is 0 Å². The van der Waals surface area contributed by atoms with E-state index < -0.39 is 0 Å². The number of hydrogen-bond acceptors (Lipinski definition) is 5. The molecule has 0 atom stereocenters. The predicted molar refractivity (Wildman–Crippen MR) is 91.9 cm³/mol. The first-order chi connectivity index (χ1) is 10.2. The molecule has 0 amide bonds. The molecule has 1 N–H and O–H groups in total. The van der Waals surface area contributed by atoms with Crippen molar-refractivity contribution in [2.75, 3.05) is 23.3 Å². The highest BCUT2D eigenvalue weighted by molar-refractivity contribution is 9.10. The zero-order chi connectivity index (χ0) is 15.2. The molecule has 1 aromatic heterocycles. The van der Waals surface area contributed by atoms with Crippen LogP contribution in [0.2, 0.25) is 0 Å². The summed E-state index contributed by atoms with van der Waals surface area (Å²) in [6.45, 7) is 6.94. The van der Waals surface area contributed by atoms with Crippen LogP contribution in [0.15, 0.2) is 28.9 Å². The van der Waals surface area contributed by atoms with Crippen molar-refractivity contribution >= 4 is 38.1 Å². The molecule has 0 spiro atoms. The number of thiazole rings is 1. The van der Waals surface area contributed by atoms with Crippen LogP contribution in [0.4, 0.5) is 10.8 Å². The molecule has 0 bridgehead atoms. The molecule has 2 aromatic rings. The molecule has 0 aliphatic heterocycles. The maximum absolute atomic E-state index is 8.86. The lowest BCUT2D eigenvalue weighted by molar-refractivity contribution is 0.860. The fourth-order valence-corrected chi connectivity index (χ4v) is 3.43. The number of anilines is 2. The zero-order valence-corrected chi connectivity index (χ0v) is 14.5. The van der Waals surface area contributed by atoms with E-state index in [-0.39, 0.29) is 0 Å². The lowest BCUT2D eigenvalue weighted by Crippen LogP contribution is -2.21. The Morgan fingerprint density at radius 1 is 1.38 bits per heavy atom. The topological polar surface area (TPSA) is 52.0 Å². The summed E-state index contributed by atoms with van der Waals surface area (Å²) >= 11 is 5.19. The molecule has 110 valence electrons. The molecule has 0 aliphatic rings. The van der Waals surface area contributed by atoms with E-state index in [0.29, 0.717) is 5.56 Å². The number of benzene rings is 1. The van der Waals surface area contributed by atoms with Crippen molar-refractivity contribution in [2.45, 2.75) is 20.4 Å². The van der Waals surface area contributed by atoms with Crippen molar-refractivity contribution in [1.29, 1.82) is 5.26 Å². The molecule has 2 rings (SSSR count). The Balaban J connectivity index is 2.02. The van der Waals surface area contributed by atoms with E-state index >= 15 is 0 Å². The van der Waals surface area contributed by atoms with Crippen molar-refractivity contribution in [3.8, 4) is 6.07 Å². The van der Waals surface area contributed by atoms with Crippen LogP contribution >= 0.6 is 27.3 Å². The van der Waals surface area contributed by atoms with Gasteiger partial charge in [-0.15, -0.1) is 11.3 Å². The van der Waals surface area contributed by atoms with Gasteiger partial charge in [0, 0.05) is 34.3 Å². The minimum atomic E-state index is 0.647. The van der Waals surface area contributed by atoms with Crippen molar-refractivity contribution in [2.24, 2.45) is 0 Å². The van der Waals surface area contributed by atoms with Gasteiger partial charge in [0.15, 0.2) is 5.13 Å². The first-order valence-electron chi connectivity index (χ1n) is 6.81. The number of halogens is 1. The highest BCUT2D eigenvalue weighted by atomic mass is 79.9. The van der Waals surface area contributed by atoms with Gasteiger partial charge in [-0.1, -0.05) is 0 Å². The fourth-order valence-electron chi connectivity index (χ4n) is 1.93. The predicted octanol–water partition coefficient (Wildman–Crippen LogP) is 4.24. The van der Waals surface area contributed by atoms with Gasteiger partial charge in [0.2, 0.25) is 0 Å². The van der Waals surface area contributed by atoms with Gasteiger partial charge in [0.1, 0.15) is 0 Å². The Bertz CT molecular complexity index is 643. The molecule has 0 saturated carbocycles. The lowest BCUT2D eigenvalue weighted by Gasteiger charge is -2.16. The van der Waals surface area contributed by atoms with Gasteiger partial charge in [0.05, 0.1) is 18.2 Å². The van der Waals surface area contributed by atoms with Crippen LogP contribution in [-0.2, 0) is 6.54 Å². The summed E-state index contributed by atoms with van der Waals surface area (Å²) in [4.78, 5) is 7.90. The Morgan fingerprint density at radius 2 is 2.14 bits per heavy atom. The molecular formula is C15H17BrN4S. The second-order valence-electron chi connectivity index (χ2n) is 4.44. The second-order valence-corrected chi connectivity index (χ2v) is 6.39. The highest BCUT2D eigenvalue weighted by Crippen LogP contribution is 2.26. The third-order valence-corrected chi connectivity index (χ3v) is 4.84. The minimum Gasteiger partial charge on any atom is -0.379 e. The largest absolute Gasteiger partial charge is 0.379 e. The van der Waals surface area contributed by atoms with Crippen LogP contribution in [0.1, 0.15) is 24.3 Å². The fraction of sp³-hybridized carbons (Fsp3) is 0.333. The maximum Gasteiger partial charge on any atom is 0.185 e. The van der Waals surface area contributed by atoms with Gasteiger partial charge in [-0.05, 0) is 48.0 Å². The van der Waals surface area contributed by atoms with Crippen LogP contribution in [0.25, 0.3) is 0 Å². The highest BCUT2D eigenvalue weighted by Gasteiger charge is 2.08. The summed E-state index contributed by atoms with van der Waals surface area (Å²) in [5.41, 5.74) is 1.63. The zero-order valence-electron chi connectivity index (χ0n) is 12.1. The van der Waals surface area contributed by atoms with E-state index in [1.54, 1.807) is 17.4 Å². The summed E-state index contributed by atoms with van der Waals surface area (Å²) in [7, 11) is 0. The number of rotatable bonds is 6. The smallest absolute Gasteiger partial charge is 0.185 e. The molecule has 0 radical (unpaired) electrons. The average molecular weight is 365 g/mol. The summed E-state index contributed by atoms with van der Waals surface area (Å²) in [5.74, 6) is 0. The van der Waals surface area contributed by atoms with E-state index in [4.69, 9.17) is 5.26 Å². The van der Waals surface area contributed by atoms with Crippen molar-refractivity contribution in [1.82, 2.24) is 4.98 Å². The quantitative estimate of drug-likeness (QED) is 0.832. The Morgan fingerprint density at radius 3 is 2.76 bits per heavy atom. The monoisotopic (exact) mass is 364 g/mol. The molecule has 6 heteroatoms. The molecule has 1 aromatic carbocycles. The molecule has 1 heterocycles. The summed E-state index contributed by atoms with van der Waals surface area (Å²) in [6.07, 6.45) is 1.92. The van der Waals surface area contributed by atoms with Gasteiger partial charge in [-0.2, -0.15) is 5.26 Å². The Hall–Kier alpha value is -1.58. The first kappa shape index (κ1) is 15.8. The molecule has 0 saturated heterocycles. The number of nitrogens with zero attached hydrogens (tertiary/aromatic N) is 3. The van der Waals surface area contributed by atoms with Crippen LogP contribution in [0, 0.1) is 11.3 Å². The molecule has 0 unspecified atom stereocenters. The van der Waals surface area contributed by atoms with Gasteiger partial charge in [-0.25, -0.2) is 4.98 Å². The molecular weight excluding hydrogens is 348 g/mol. The number of nitrogens with one attached hydrogen (secondary N) is 1. The van der Waals surface area contributed by atoms with Gasteiger partial charge >= 0.3 is 0 Å². The van der Waals surface area contributed by atoms with Crippen molar-refractivity contribution in [3.05, 3.63) is 39.3 Å². The normalized spacial score (nSPS) is 10.2. The van der Waals surface area contributed by atoms with Crippen LogP contribution in [-0.4, -0.2) is 18.1 Å². The summed E-state index contributed by atoms with van der Waals surface area (Å²) in [6, 6.07) is 7.66. The SMILES string of the molecule is CCN(CC)c1ncc(CNc2ccc(C#N)cc2Br)s1. The van der Waals surface area contributed by atoms with E-state index in [2.05, 4.69) is 51.0 Å². The van der Waals surface area contributed by atoms with Crippen LogP contribution in [0.3, 0.4) is 0 Å². The molecule has 21 heavy (non-hydrogen) atoms. The van der Waals surface area contributed by atoms with Crippen LogP contribution < -0.4 is 10.2 Å². The lowest BCUT2D eigenvalue weighted by atomic mass is 10.2. The number of hydrogen-bond donors (Lipinski definition) is 1. The molecule has 4 nitrogen and oxygen atoms in total. The standard InChI is InChI=1S/C15H17BrN4S/c1-3-20(4-2)15-19-10-12(21-15)9-18-14-6-5-11(8-17)7-13(14)16/h5-7,10,18H,3-4,9H2,1-2H3. The van der Waals surface area contributed by atoms with E-state index in [1.165, 1.54) is 4.88 Å². The van der Waals surface area contributed by atoms with Gasteiger partial charge in [-0.3, -0.25) is 0 Å². The molecule has 0 aliphatic carbocycles. The Labute approximate surface area is 137 Å². The minimum absolute atomic E-state index is 0.647. The van der Waals surface area contributed by atoms with E-state index in [1.807, 2.05) is 18.3 Å². The first-order valence-corrected chi connectivity index (χ1v) is 8.42. The van der Waals surface area contributed by atoms with E-state index in [0.717, 1.165) is 34.9 Å². The Kier molecular flexibility index (Phi) is 5.59. The molecule has 0 fully saturated rings.